The van der Waals surface area contributed by atoms with E-state index in [0.29, 0.717) is 29.7 Å². The first-order chi connectivity index (χ1) is 14.5. The largest absolute Gasteiger partial charge is 0.490 e. The van der Waals surface area contributed by atoms with E-state index in [2.05, 4.69) is 24.7 Å². The number of benzene rings is 2. The maximum atomic E-state index is 12.1. The number of halogens is 1. The monoisotopic (exact) mass is 435 g/mol. The minimum absolute atomic E-state index is 0.0811. The lowest BCUT2D eigenvalue weighted by atomic mass is 10.1. The van der Waals surface area contributed by atoms with E-state index in [0.717, 1.165) is 31.6 Å². The average molecular weight is 436 g/mol. The summed E-state index contributed by atoms with van der Waals surface area (Å²) in [5.41, 5.74) is 2.18. The van der Waals surface area contributed by atoms with E-state index in [4.69, 9.17) is 21.1 Å². The van der Waals surface area contributed by atoms with Crippen LogP contribution in [0, 0.1) is 0 Å². The number of ether oxygens (including phenoxy) is 2. The zero-order chi connectivity index (χ0) is 21.8. The molecule has 0 aliphatic carbocycles. The molecule has 0 unspecified atom stereocenters. The number of nitrogens with two attached hydrogens (primary N) is 1. The van der Waals surface area contributed by atoms with Crippen LogP contribution < -0.4 is 25.0 Å². The van der Waals surface area contributed by atoms with Crippen molar-refractivity contribution in [3.8, 4) is 11.5 Å². The fourth-order valence-electron chi connectivity index (χ4n) is 2.95. The number of amides is 1. The third-order valence-electron chi connectivity index (χ3n) is 4.56. The molecule has 0 bridgehead atoms. The first-order valence-corrected chi connectivity index (χ1v) is 10.9. The SMILES string of the molecule is CCOc1cc(C[NH2+]CC[NH+](C)C)c(Cl)cc1OCC(=O)NCCc1ccccc1. The molecule has 0 aromatic heterocycles. The molecule has 4 N–H and O–H groups in total. The van der Waals surface area contributed by atoms with Gasteiger partial charge in [-0.25, -0.2) is 0 Å². The Kier molecular flexibility index (Phi) is 10.5. The topological polar surface area (TPSA) is 68.6 Å². The van der Waals surface area contributed by atoms with Gasteiger partial charge in [0.05, 0.1) is 25.7 Å². The zero-order valence-electron chi connectivity index (χ0n) is 18.2. The Bertz CT molecular complexity index is 785. The molecule has 0 spiro atoms. The van der Waals surface area contributed by atoms with Gasteiger partial charge in [0.2, 0.25) is 0 Å². The van der Waals surface area contributed by atoms with Gasteiger partial charge in [0.1, 0.15) is 19.6 Å². The van der Waals surface area contributed by atoms with Gasteiger partial charge in [-0.2, -0.15) is 0 Å². The maximum absolute atomic E-state index is 12.1. The van der Waals surface area contributed by atoms with Gasteiger partial charge in [-0.05, 0) is 25.0 Å². The van der Waals surface area contributed by atoms with Crippen molar-refractivity contribution in [1.29, 1.82) is 0 Å². The molecule has 0 radical (unpaired) electrons. The van der Waals surface area contributed by atoms with Crippen LogP contribution in [0.5, 0.6) is 11.5 Å². The van der Waals surface area contributed by atoms with E-state index >= 15 is 0 Å². The average Bonchev–Trinajstić information content (AvgIpc) is 2.72. The molecule has 164 valence electrons. The molecule has 7 heteroatoms. The van der Waals surface area contributed by atoms with Crippen molar-refractivity contribution in [2.24, 2.45) is 0 Å². The molecule has 1 amide bonds. The van der Waals surface area contributed by atoms with Gasteiger partial charge in [0.15, 0.2) is 18.1 Å². The third kappa shape index (κ3) is 8.61. The first-order valence-electron chi connectivity index (χ1n) is 10.5. The van der Waals surface area contributed by atoms with Crippen LogP contribution in [0.1, 0.15) is 18.1 Å². The maximum Gasteiger partial charge on any atom is 0.257 e. The highest BCUT2D eigenvalue weighted by Gasteiger charge is 2.14. The fraction of sp³-hybridized carbons (Fsp3) is 0.435. The Labute approximate surface area is 184 Å². The Hall–Kier alpha value is -2.28. The second kappa shape index (κ2) is 13.1. The molecule has 0 saturated heterocycles. The lowest BCUT2D eigenvalue weighted by Gasteiger charge is -2.15. The predicted molar refractivity (Wildman–Crippen MR) is 119 cm³/mol. The van der Waals surface area contributed by atoms with Gasteiger partial charge in [-0.3, -0.25) is 4.79 Å². The van der Waals surface area contributed by atoms with Crippen LogP contribution in [-0.2, 0) is 17.8 Å². The summed E-state index contributed by atoms with van der Waals surface area (Å²) >= 11 is 6.45. The summed E-state index contributed by atoms with van der Waals surface area (Å²) < 4.78 is 11.4. The lowest BCUT2D eigenvalue weighted by molar-refractivity contribution is -0.875. The normalized spacial score (nSPS) is 10.8. The van der Waals surface area contributed by atoms with Crippen molar-refractivity contribution < 1.29 is 24.5 Å². The summed E-state index contributed by atoms with van der Waals surface area (Å²) in [6, 6.07) is 13.7. The van der Waals surface area contributed by atoms with E-state index in [9.17, 15) is 4.79 Å². The third-order valence-corrected chi connectivity index (χ3v) is 4.91. The van der Waals surface area contributed by atoms with Crippen molar-refractivity contribution in [2.45, 2.75) is 19.9 Å². The summed E-state index contributed by atoms with van der Waals surface area (Å²) in [5, 5.41) is 5.72. The zero-order valence-corrected chi connectivity index (χ0v) is 18.9. The number of quaternary nitrogens is 2. The summed E-state index contributed by atoms with van der Waals surface area (Å²) in [5.74, 6) is 0.926. The predicted octanol–water partition coefficient (Wildman–Crippen LogP) is 0.684. The molecule has 6 nitrogen and oxygen atoms in total. The quantitative estimate of drug-likeness (QED) is 0.405. The van der Waals surface area contributed by atoms with E-state index in [1.807, 2.05) is 43.3 Å². The standard InChI is InChI=1S/C23H32ClN3O3/c1-4-29-21-14-19(16-25-12-13-27(2)3)20(24)15-22(21)30-17-23(28)26-11-10-18-8-6-5-7-9-18/h5-9,14-15,25H,4,10-13,16-17H2,1-3H3,(H,26,28)/p+2. The molecule has 0 aliphatic rings. The van der Waals surface area contributed by atoms with Gasteiger partial charge >= 0.3 is 0 Å². The molecule has 0 fully saturated rings. The second-order valence-corrected chi connectivity index (χ2v) is 7.84. The van der Waals surface area contributed by atoms with Crippen molar-refractivity contribution in [3.63, 3.8) is 0 Å². The van der Waals surface area contributed by atoms with Crippen LogP contribution >= 0.6 is 11.6 Å². The first kappa shape index (κ1) is 24.0. The molecule has 0 heterocycles. The van der Waals surface area contributed by atoms with Crippen LogP contribution in [0.2, 0.25) is 5.02 Å². The minimum atomic E-state index is -0.173. The highest BCUT2D eigenvalue weighted by atomic mass is 35.5. The molecular weight excluding hydrogens is 402 g/mol. The Morgan fingerprint density at radius 2 is 1.87 bits per heavy atom. The highest BCUT2D eigenvalue weighted by Crippen LogP contribution is 2.33. The van der Waals surface area contributed by atoms with Crippen molar-refractivity contribution in [3.05, 3.63) is 58.6 Å². The molecule has 30 heavy (non-hydrogen) atoms. The van der Waals surface area contributed by atoms with Crippen molar-refractivity contribution in [2.75, 3.05) is 46.9 Å². The number of hydrogen-bond donors (Lipinski definition) is 3. The molecule has 0 atom stereocenters. The van der Waals surface area contributed by atoms with Gasteiger partial charge in [-0.15, -0.1) is 0 Å². The molecule has 2 aromatic carbocycles. The van der Waals surface area contributed by atoms with E-state index < -0.39 is 0 Å². The fourth-order valence-corrected chi connectivity index (χ4v) is 3.18. The van der Waals surface area contributed by atoms with Crippen LogP contribution in [0.25, 0.3) is 0 Å². The molecule has 0 saturated carbocycles. The summed E-state index contributed by atoms with van der Waals surface area (Å²) in [6.45, 7) is 5.78. The molecule has 0 aliphatic heterocycles. The van der Waals surface area contributed by atoms with Crippen LogP contribution in [0.15, 0.2) is 42.5 Å². The van der Waals surface area contributed by atoms with Crippen molar-refractivity contribution in [1.82, 2.24) is 5.32 Å². The van der Waals surface area contributed by atoms with Crippen LogP contribution in [0.3, 0.4) is 0 Å². The lowest BCUT2D eigenvalue weighted by Crippen LogP contribution is -3.09. The number of hydrogen-bond acceptors (Lipinski definition) is 3. The number of nitrogens with one attached hydrogen (secondary N) is 2. The van der Waals surface area contributed by atoms with E-state index in [1.54, 1.807) is 6.07 Å². The molecule has 2 aromatic rings. The van der Waals surface area contributed by atoms with Crippen LogP contribution in [-0.4, -0.2) is 52.9 Å². The van der Waals surface area contributed by atoms with Gasteiger partial charge in [0, 0.05) is 18.2 Å². The molecular formula is C23H34ClN3O3+2. The Balaban J connectivity index is 1.87. The minimum Gasteiger partial charge on any atom is -0.490 e. The summed E-state index contributed by atoms with van der Waals surface area (Å²) in [7, 11) is 4.27. The smallest absolute Gasteiger partial charge is 0.257 e. The van der Waals surface area contributed by atoms with Gasteiger partial charge in [0.25, 0.3) is 5.91 Å². The molecule has 2 rings (SSSR count). The van der Waals surface area contributed by atoms with E-state index in [-0.39, 0.29) is 12.5 Å². The number of rotatable bonds is 13. The van der Waals surface area contributed by atoms with Gasteiger partial charge in [-0.1, -0.05) is 41.9 Å². The highest BCUT2D eigenvalue weighted by molar-refractivity contribution is 6.31. The number of carbonyl (C=O) groups excluding carboxylic acids is 1. The number of likely N-dealkylation sites (N-methyl/N-ethyl adjacent to an activating group) is 1. The van der Waals surface area contributed by atoms with Gasteiger partial charge < -0.3 is 25.0 Å². The summed E-state index contributed by atoms with van der Waals surface area (Å²) in [6.07, 6.45) is 0.781. The Morgan fingerprint density at radius 1 is 1.13 bits per heavy atom. The second-order valence-electron chi connectivity index (χ2n) is 7.44. The number of carbonyl (C=O) groups is 1. The van der Waals surface area contributed by atoms with Crippen molar-refractivity contribution >= 4 is 17.5 Å². The summed E-state index contributed by atoms with van der Waals surface area (Å²) in [4.78, 5) is 13.6. The van der Waals surface area contributed by atoms with Crippen LogP contribution in [0.4, 0.5) is 0 Å². The van der Waals surface area contributed by atoms with E-state index in [1.165, 1.54) is 10.5 Å². The Morgan fingerprint density at radius 3 is 2.57 bits per heavy atom.